The van der Waals surface area contributed by atoms with Gasteiger partial charge in [0.05, 0.1) is 5.75 Å². The number of thioether (sulfide) groups is 1. The van der Waals surface area contributed by atoms with E-state index in [9.17, 15) is 4.79 Å². The Bertz CT molecular complexity index is 1400. The second kappa shape index (κ2) is 12.0. The van der Waals surface area contributed by atoms with Crippen LogP contribution in [-0.4, -0.2) is 32.2 Å². The molecule has 3 aromatic carbocycles. The molecule has 8 heteroatoms. The fraction of sp³-hybridized carbons (Fsp3) is 0.172. The summed E-state index contributed by atoms with van der Waals surface area (Å²) in [7, 11) is 0. The number of thiazole rings is 1. The van der Waals surface area contributed by atoms with E-state index in [0.29, 0.717) is 18.0 Å². The monoisotopic (exact) mass is 525 g/mol. The maximum atomic E-state index is 12.8. The minimum absolute atomic E-state index is 0.143. The molecule has 0 aliphatic rings. The van der Waals surface area contributed by atoms with Gasteiger partial charge in [0.25, 0.3) is 5.91 Å². The summed E-state index contributed by atoms with van der Waals surface area (Å²) in [5.74, 6) is 1.52. The van der Waals surface area contributed by atoms with Gasteiger partial charge in [-0.3, -0.25) is 9.36 Å². The van der Waals surface area contributed by atoms with Gasteiger partial charge in [0.1, 0.15) is 16.5 Å². The number of nitrogens with one attached hydrogen (secondary N) is 1. The summed E-state index contributed by atoms with van der Waals surface area (Å²) in [6.07, 6.45) is 0.807. The Morgan fingerprint density at radius 1 is 0.919 bits per heavy atom. The molecule has 0 aliphatic heterocycles. The molecule has 0 bridgehead atoms. The van der Waals surface area contributed by atoms with Crippen LogP contribution in [0.5, 0.6) is 0 Å². The van der Waals surface area contributed by atoms with Crippen molar-refractivity contribution in [2.45, 2.75) is 30.2 Å². The van der Waals surface area contributed by atoms with Crippen LogP contribution in [0.25, 0.3) is 5.69 Å². The molecule has 186 valence electrons. The molecule has 2 heterocycles. The van der Waals surface area contributed by atoms with Crippen LogP contribution in [0.2, 0.25) is 0 Å². The summed E-state index contributed by atoms with van der Waals surface area (Å²) >= 11 is 3.05. The number of hydrogen-bond donors (Lipinski definition) is 1. The van der Waals surface area contributed by atoms with Gasteiger partial charge >= 0.3 is 0 Å². The molecular weight excluding hydrogens is 498 g/mol. The molecular formula is C29H27N5OS2. The van der Waals surface area contributed by atoms with E-state index in [2.05, 4.69) is 69.0 Å². The molecule has 5 rings (SSSR count). The third-order valence-corrected chi connectivity index (χ3v) is 8.01. The minimum atomic E-state index is -0.143. The van der Waals surface area contributed by atoms with E-state index >= 15 is 0 Å². The Balaban J connectivity index is 1.18. The number of nitrogens with zero attached hydrogens (tertiary/aromatic N) is 4. The molecule has 37 heavy (non-hydrogen) atoms. The van der Waals surface area contributed by atoms with Crippen LogP contribution in [-0.2, 0) is 5.75 Å². The summed E-state index contributed by atoms with van der Waals surface area (Å²) in [6.45, 7) is 2.50. The topological polar surface area (TPSA) is 72.7 Å². The molecule has 0 spiro atoms. The van der Waals surface area contributed by atoms with Gasteiger partial charge in [0, 0.05) is 23.5 Å². The third kappa shape index (κ3) is 6.15. The van der Waals surface area contributed by atoms with Gasteiger partial charge in [-0.25, -0.2) is 4.98 Å². The van der Waals surface area contributed by atoms with E-state index in [-0.39, 0.29) is 11.8 Å². The maximum absolute atomic E-state index is 12.8. The van der Waals surface area contributed by atoms with Gasteiger partial charge in [-0.15, -0.1) is 21.5 Å². The van der Waals surface area contributed by atoms with Crippen molar-refractivity contribution in [1.29, 1.82) is 0 Å². The number of aryl methyl sites for hydroxylation is 1. The number of carbonyl (C=O) groups is 1. The quantitative estimate of drug-likeness (QED) is 0.217. The van der Waals surface area contributed by atoms with E-state index in [1.165, 1.54) is 22.5 Å². The van der Waals surface area contributed by atoms with Crippen LogP contribution in [0.15, 0.2) is 102 Å². The number of amides is 1. The van der Waals surface area contributed by atoms with Crippen molar-refractivity contribution >= 4 is 29.0 Å². The molecule has 0 radical (unpaired) electrons. The van der Waals surface area contributed by atoms with Crippen molar-refractivity contribution < 1.29 is 4.79 Å². The zero-order valence-corrected chi connectivity index (χ0v) is 22.1. The molecule has 1 N–H and O–H groups in total. The highest BCUT2D eigenvalue weighted by molar-refractivity contribution is 7.98. The highest BCUT2D eigenvalue weighted by atomic mass is 32.2. The standard InChI is InChI=1S/C29H27N5OS2/c1-21-32-33-29(34(21)24-15-9-4-10-16-24)37-20-27-31-26(19-36-27)28(35)30-18-17-25(22-11-5-2-6-12-22)23-13-7-3-8-14-23/h2-16,19,25H,17-18,20H2,1H3,(H,30,35). The minimum Gasteiger partial charge on any atom is -0.351 e. The Morgan fingerprint density at radius 3 is 2.19 bits per heavy atom. The fourth-order valence-corrected chi connectivity index (χ4v) is 6.03. The molecule has 0 atom stereocenters. The Kier molecular flexibility index (Phi) is 8.08. The van der Waals surface area contributed by atoms with Crippen LogP contribution in [0, 0.1) is 6.92 Å². The lowest BCUT2D eigenvalue weighted by atomic mass is 9.88. The molecule has 2 aromatic heterocycles. The van der Waals surface area contributed by atoms with Crippen LogP contribution >= 0.6 is 23.1 Å². The first-order valence-electron chi connectivity index (χ1n) is 12.1. The predicted octanol–water partition coefficient (Wildman–Crippen LogP) is 6.28. The Hall–Kier alpha value is -3.75. The summed E-state index contributed by atoms with van der Waals surface area (Å²) in [5, 5.41) is 15.1. The number of para-hydroxylation sites is 1. The number of aromatic nitrogens is 4. The van der Waals surface area contributed by atoms with E-state index in [0.717, 1.165) is 28.1 Å². The average molecular weight is 526 g/mol. The predicted molar refractivity (Wildman–Crippen MR) is 149 cm³/mol. The summed E-state index contributed by atoms with van der Waals surface area (Å²) in [5.41, 5.74) is 3.97. The molecule has 0 unspecified atom stereocenters. The first-order chi connectivity index (χ1) is 18.2. The van der Waals surface area contributed by atoms with Crippen molar-refractivity contribution in [3.05, 3.63) is 124 Å². The van der Waals surface area contributed by atoms with E-state index < -0.39 is 0 Å². The molecule has 6 nitrogen and oxygen atoms in total. The highest BCUT2D eigenvalue weighted by Crippen LogP contribution is 2.28. The first kappa shape index (κ1) is 24.9. The molecule has 0 saturated heterocycles. The van der Waals surface area contributed by atoms with E-state index in [1.807, 2.05) is 59.3 Å². The zero-order chi connectivity index (χ0) is 25.5. The van der Waals surface area contributed by atoms with E-state index in [1.54, 1.807) is 11.8 Å². The number of hydrogen-bond acceptors (Lipinski definition) is 6. The summed E-state index contributed by atoms with van der Waals surface area (Å²) in [6, 6.07) is 30.9. The normalized spacial score (nSPS) is 11.1. The maximum Gasteiger partial charge on any atom is 0.270 e. The summed E-state index contributed by atoms with van der Waals surface area (Å²) < 4.78 is 2.03. The number of carbonyl (C=O) groups excluding carboxylic acids is 1. The lowest BCUT2D eigenvalue weighted by molar-refractivity contribution is 0.0948. The molecule has 0 saturated carbocycles. The highest BCUT2D eigenvalue weighted by Gasteiger charge is 2.17. The zero-order valence-electron chi connectivity index (χ0n) is 20.4. The molecule has 0 fully saturated rings. The van der Waals surface area contributed by atoms with Crippen molar-refractivity contribution in [2.24, 2.45) is 0 Å². The van der Waals surface area contributed by atoms with Gasteiger partial charge in [0.15, 0.2) is 5.16 Å². The van der Waals surface area contributed by atoms with Gasteiger partial charge < -0.3 is 5.32 Å². The molecule has 0 aliphatic carbocycles. The first-order valence-corrected chi connectivity index (χ1v) is 14.0. The largest absolute Gasteiger partial charge is 0.351 e. The third-order valence-electron chi connectivity index (χ3n) is 6.04. The molecule has 5 aromatic rings. The lowest BCUT2D eigenvalue weighted by Gasteiger charge is -2.18. The van der Waals surface area contributed by atoms with Gasteiger partial charge in [0.2, 0.25) is 0 Å². The van der Waals surface area contributed by atoms with Gasteiger partial charge in [-0.05, 0) is 36.6 Å². The van der Waals surface area contributed by atoms with Gasteiger partial charge in [-0.2, -0.15) is 0 Å². The fourth-order valence-electron chi connectivity index (χ4n) is 4.24. The van der Waals surface area contributed by atoms with Crippen LogP contribution in [0.1, 0.15) is 44.8 Å². The number of rotatable bonds is 10. The lowest BCUT2D eigenvalue weighted by Crippen LogP contribution is -2.26. The average Bonchev–Trinajstić information content (AvgIpc) is 3.58. The van der Waals surface area contributed by atoms with E-state index in [4.69, 9.17) is 0 Å². The van der Waals surface area contributed by atoms with Crippen LogP contribution in [0.3, 0.4) is 0 Å². The van der Waals surface area contributed by atoms with Gasteiger partial charge in [-0.1, -0.05) is 90.6 Å². The summed E-state index contributed by atoms with van der Waals surface area (Å²) in [4.78, 5) is 17.4. The van der Waals surface area contributed by atoms with Crippen molar-refractivity contribution in [1.82, 2.24) is 25.1 Å². The SMILES string of the molecule is Cc1nnc(SCc2nc(C(=O)NCCC(c3ccccc3)c3ccccc3)cs2)n1-c1ccccc1. The Labute approximate surface area is 224 Å². The van der Waals surface area contributed by atoms with Crippen LogP contribution in [0.4, 0.5) is 0 Å². The van der Waals surface area contributed by atoms with Crippen molar-refractivity contribution in [3.63, 3.8) is 0 Å². The molecule has 1 amide bonds. The second-order valence-corrected chi connectivity index (χ2v) is 10.4. The Morgan fingerprint density at radius 2 is 1.54 bits per heavy atom. The van der Waals surface area contributed by atoms with Crippen LogP contribution < -0.4 is 5.32 Å². The smallest absolute Gasteiger partial charge is 0.270 e. The van der Waals surface area contributed by atoms with Crippen molar-refractivity contribution in [2.75, 3.05) is 6.54 Å². The van der Waals surface area contributed by atoms with Crippen molar-refractivity contribution in [3.8, 4) is 5.69 Å². The second-order valence-electron chi connectivity index (χ2n) is 8.53. The number of benzene rings is 3.